The van der Waals surface area contributed by atoms with E-state index in [2.05, 4.69) is 19.2 Å². The van der Waals surface area contributed by atoms with Crippen LogP contribution in [0.15, 0.2) is 12.1 Å². The molecule has 0 aliphatic carbocycles. The van der Waals surface area contributed by atoms with E-state index in [4.69, 9.17) is 15.2 Å². The van der Waals surface area contributed by atoms with Gasteiger partial charge in [-0.2, -0.15) is 0 Å². The van der Waals surface area contributed by atoms with E-state index >= 15 is 0 Å². The molecule has 156 valence electrons. The van der Waals surface area contributed by atoms with Crippen molar-refractivity contribution in [1.29, 1.82) is 0 Å². The third-order valence-electron chi connectivity index (χ3n) is 5.28. The molecule has 2 amide bonds. The number of benzene rings is 1. The summed E-state index contributed by atoms with van der Waals surface area (Å²) >= 11 is 0. The first-order chi connectivity index (χ1) is 12.9. The third-order valence-corrected chi connectivity index (χ3v) is 5.28. The van der Waals surface area contributed by atoms with Crippen LogP contribution in [0.25, 0.3) is 0 Å². The summed E-state index contributed by atoms with van der Waals surface area (Å²) in [5.74, 6) is 0.539. The molecule has 3 N–H and O–H groups in total. The van der Waals surface area contributed by atoms with Gasteiger partial charge < -0.3 is 25.4 Å². The molecule has 0 radical (unpaired) electrons. The van der Waals surface area contributed by atoms with Gasteiger partial charge in [-0.25, -0.2) is 0 Å². The highest BCUT2D eigenvalue weighted by molar-refractivity contribution is 6.05. The number of nitrogens with two attached hydrogens (primary N) is 1. The van der Waals surface area contributed by atoms with Crippen molar-refractivity contribution < 1.29 is 19.1 Å². The normalized spacial score (nSPS) is 19.1. The Bertz CT molecular complexity index is 753. The van der Waals surface area contributed by atoms with Gasteiger partial charge in [0.15, 0.2) is 11.5 Å². The van der Waals surface area contributed by atoms with Gasteiger partial charge in [0.05, 0.1) is 25.5 Å². The first kappa shape index (κ1) is 22.0. The fraction of sp³-hybridized carbons (Fsp3) is 0.619. The Morgan fingerprint density at radius 3 is 2.25 bits per heavy atom. The van der Waals surface area contributed by atoms with Crippen LogP contribution in [-0.2, 0) is 4.79 Å². The maximum Gasteiger partial charge on any atom is 0.256 e. The molecule has 1 heterocycles. The fourth-order valence-corrected chi connectivity index (χ4v) is 3.19. The molecule has 1 aliphatic rings. The van der Waals surface area contributed by atoms with E-state index in [0.717, 1.165) is 6.42 Å². The number of ether oxygens (including phenoxy) is 2. The van der Waals surface area contributed by atoms with Gasteiger partial charge in [0.1, 0.15) is 0 Å². The quantitative estimate of drug-likeness (QED) is 0.823. The van der Waals surface area contributed by atoms with Gasteiger partial charge in [0.2, 0.25) is 5.91 Å². The van der Waals surface area contributed by atoms with Gasteiger partial charge >= 0.3 is 0 Å². The summed E-state index contributed by atoms with van der Waals surface area (Å²) < 4.78 is 10.7. The number of likely N-dealkylation sites (tertiary alicyclic amines) is 1. The van der Waals surface area contributed by atoms with Crippen LogP contribution in [0, 0.1) is 10.8 Å². The largest absolute Gasteiger partial charge is 0.493 e. The average Bonchev–Trinajstić information content (AvgIpc) is 2.62. The van der Waals surface area contributed by atoms with Crippen molar-refractivity contribution >= 4 is 17.5 Å². The summed E-state index contributed by atoms with van der Waals surface area (Å²) in [5, 5.41) is 2.88. The molecule has 28 heavy (non-hydrogen) atoms. The van der Waals surface area contributed by atoms with Crippen molar-refractivity contribution in [2.24, 2.45) is 16.6 Å². The van der Waals surface area contributed by atoms with Crippen molar-refractivity contribution in [1.82, 2.24) is 4.90 Å². The summed E-state index contributed by atoms with van der Waals surface area (Å²) in [4.78, 5) is 27.7. The molecule has 7 nitrogen and oxygen atoms in total. The standard InChI is InChI=1S/C21H33N3O4/c1-20(2,3)19(26)23-14-11-16(28-7)15(27-6)10-13(14)18(25)24-9-8-17(22)21(4,5)12-24/h10-11,17H,8-9,12,22H2,1-7H3,(H,23,26). The van der Waals surface area contributed by atoms with Crippen LogP contribution in [0.4, 0.5) is 5.69 Å². The van der Waals surface area contributed by atoms with Gasteiger partial charge in [-0.1, -0.05) is 34.6 Å². The molecule has 0 saturated carbocycles. The van der Waals surface area contributed by atoms with E-state index in [9.17, 15) is 9.59 Å². The number of piperidine rings is 1. The van der Waals surface area contributed by atoms with E-state index in [-0.39, 0.29) is 23.3 Å². The number of nitrogens with zero attached hydrogens (tertiary/aromatic N) is 1. The fourth-order valence-electron chi connectivity index (χ4n) is 3.19. The Kier molecular flexibility index (Phi) is 6.28. The lowest BCUT2D eigenvalue weighted by Crippen LogP contribution is -2.54. The maximum absolute atomic E-state index is 13.4. The Labute approximate surface area is 167 Å². The van der Waals surface area contributed by atoms with Crippen LogP contribution in [0.5, 0.6) is 11.5 Å². The second kappa shape index (κ2) is 7.99. The molecule has 1 aromatic carbocycles. The molecule has 1 saturated heterocycles. The molecule has 0 spiro atoms. The number of rotatable bonds is 4. The molecule has 1 aliphatic heterocycles. The Morgan fingerprint density at radius 1 is 1.18 bits per heavy atom. The maximum atomic E-state index is 13.4. The van der Waals surface area contributed by atoms with Gasteiger partial charge in [0, 0.05) is 30.6 Å². The molecule has 1 unspecified atom stereocenters. The van der Waals surface area contributed by atoms with Crippen LogP contribution in [0.2, 0.25) is 0 Å². The Morgan fingerprint density at radius 2 is 1.75 bits per heavy atom. The van der Waals surface area contributed by atoms with Crippen molar-refractivity contribution in [3.8, 4) is 11.5 Å². The molecule has 1 fully saturated rings. The topological polar surface area (TPSA) is 93.9 Å². The highest BCUT2D eigenvalue weighted by atomic mass is 16.5. The summed E-state index contributed by atoms with van der Waals surface area (Å²) in [5.41, 5.74) is 6.21. The van der Waals surface area contributed by atoms with Crippen LogP contribution < -0.4 is 20.5 Å². The number of methoxy groups -OCH3 is 2. The zero-order valence-corrected chi connectivity index (χ0v) is 18.0. The van der Waals surface area contributed by atoms with E-state index in [1.54, 1.807) is 17.0 Å². The third kappa shape index (κ3) is 4.58. The number of carbonyl (C=O) groups is 2. The molecule has 1 atom stereocenters. The summed E-state index contributed by atoms with van der Waals surface area (Å²) in [6.45, 7) is 10.7. The number of hydrogen-bond acceptors (Lipinski definition) is 5. The van der Waals surface area contributed by atoms with E-state index < -0.39 is 5.41 Å². The zero-order valence-electron chi connectivity index (χ0n) is 18.0. The molecule has 1 aromatic rings. The lowest BCUT2D eigenvalue weighted by atomic mass is 9.79. The smallest absolute Gasteiger partial charge is 0.256 e. The number of hydrogen-bond donors (Lipinski definition) is 2. The Balaban J connectivity index is 2.45. The second-order valence-corrected chi connectivity index (χ2v) is 9.07. The molecule has 0 aromatic heterocycles. The highest BCUT2D eigenvalue weighted by Gasteiger charge is 2.36. The molecular weight excluding hydrogens is 358 g/mol. The first-order valence-electron chi connectivity index (χ1n) is 9.53. The van der Waals surface area contributed by atoms with E-state index in [1.807, 2.05) is 20.8 Å². The summed E-state index contributed by atoms with van der Waals surface area (Å²) in [6.07, 6.45) is 0.732. The van der Waals surface area contributed by atoms with Crippen molar-refractivity contribution in [2.75, 3.05) is 32.6 Å². The highest BCUT2D eigenvalue weighted by Crippen LogP contribution is 2.36. The Hall–Kier alpha value is -2.28. The predicted molar refractivity (Wildman–Crippen MR) is 110 cm³/mol. The number of carbonyl (C=O) groups excluding carboxylic acids is 2. The lowest BCUT2D eigenvalue weighted by molar-refractivity contribution is -0.123. The molecular formula is C21H33N3O4. The molecule has 0 bridgehead atoms. The van der Waals surface area contributed by atoms with Crippen LogP contribution >= 0.6 is 0 Å². The van der Waals surface area contributed by atoms with E-state index in [1.165, 1.54) is 14.2 Å². The summed E-state index contributed by atoms with van der Waals surface area (Å²) in [6, 6.07) is 3.30. The van der Waals surface area contributed by atoms with Crippen molar-refractivity contribution in [3.63, 3.8) is 0 Å². The molecule has 7 heteroatoms. The first-order valence-corrected chi connectivity index (χ1v) is 9.53. The van der Waals surface area contributed by atoms with Gasteiger partial charge in [-0.05, 0) is 17.9 Å². The number of nitrogens with one attached hydrogen (secondary N) is 1. The van der Waals surface area contributed by atoms with Crippen LogP contribution in [0.3, 0.4) is 0 Å². The zero-order chi connectivity index (χ0) is 21.3. The van der Waals surface area contributed by atoms with E-state index in [0.29, 0.717) is 35.8 Å². The average molecular weight is 392 g/mol. The minimum absolute atomic E-state index is 0.0435. The van der Waals surface area contributed by atoms with Gasteiger partial charge in [0.25, 0.3) is 5.91 Å². The number of amides is 2. The van der Waals surface area contributed by atoms with Crippen LogP contribution in [0.1, 0.15) is 51.4 Å². The van der Waals surface area contributed by atoms with Crippen molar-refractivity contribution in [2.45, 2.75) is 47.1 Å². The lowest BCUT2D eigenvalue weighted by Gasteiger charge is -2.42. The van der Waals surface area contributed by atoms with Crippen LogP contribution in [-0.4, -0.2) is 50.1 Å². The molecule has 2 rings (SSSR count). The van der Waals surface area contributed by atoms with Gasteiger partial charge in [-0.15, -0.1) is 0 Å². The second-order valence-electron chi connectivity index (χ2n) is 9.07. The predicted octanol–water partition coefficient (Wildman–Crippen LogP) is 2.89. The SMILES string of the molecule is COc1cc(NC(=O)C(C)(C)C)c(C(=O)N2CCC(N)C(C)(C)C2)cc1OC. The summed E-state index contributed by atoms with van der Waals surface area (Å²) in [7, 11) is 3.03. The minimum atomic E-state index is -0.604. The number of anilines is 1. The minimum Gasteiger partial charge on any atom is -0.493 e. The monoisotopic (exact) mass is 391 g/mol. The van der Waals surface area contributed by atoms with Crippen molar-refractivity contribution in [3.05, 3.63) is 17.7 Å². The van der Waals surface area contributed by atoms with Gasteiger partial charge in [-0.3, -0.25) is 9.59 Å².